The Balaban J connectivity index is 1.63. The highest BCUT2D eigenvalue weighted by Crippen LogP contribution is 2.45. The molecule has 1 aliphatic carbocycles. The van der Waals surface area contributed by atoms with E-state index >= 15 is 0 Å². The second kappa shape index (κ2) is 12.5. The van der Waals surface area contributed by atoms with Gasteiger partial charge in [0.05, 0.1) is 12.6 Å². The third kappa shape index (κ3) is 7.43. The van der Waals surface area contributed by atoms with E-state index in [2.05, 4.69) is 32.6 Å². The SMILES string of the molecule is C=CC1CC1(NC(=O)C1CC(n2nnc(-c3ccc(OCC)cc3)n2)CN1C(=O)C(NC(=O)OC(C)(C)C)C(C)(C)C)C(=O)O. The lowest BCUT2D eigenvalue weighted by molar-refractivity contribution is -0.146. The van der Waals surface area contributed by atoms with E-state index in [0.717, 1.165) is 0 Å². The van der Waals surface area contributed by atoms with Crippen LogP contribution in [-0.2, 0) is 19.1 Å². The molecule has 2 fully saturated rings. The summed E-state index contributed by atoms with van der Waals surface area (Å²) in [6.45, 7) is 16.6. The van der Waals surface area contributed by atoms with Gasteiger partial charge >= 0.3 is 12.1 Å². The topological polar surface area (TPSA) is 178 Å². The number of nitrogens with one attached hydrogen (secondary N) is 2. The zero-order valence-electron chi connectivity index (χ0n) is 26.9. The summed E-state index contributed by atoms with van der Waals surface area (Å²) in [6.07, 6.45) is 1.01. The first kappa shape index (κ1) is 33.4. The summed E-state index contributed by atoms with van der Waals surface area (Å²) in [5.74, 6) is -1.72. The molecule has 2 aliphatic rings. The molecule has 3 amide bonds. The molecule has 45 heavy (non-hydrogen) atoms. The molecule has 5 unspecified atom stereocenters. The van der Waals surface area contributed by atoms with Crippen LogP contribution < -0.4 is 15.4 Å². The van der Waals surface area contributed by atoms with Gasteiger partial charge in [0.1, 0.15) is 29.0 Å². The van der Waals surface area contributed by atoms with E-state index < -0.39 is 64.5 Å². The summed E-state index contributed by atoms with van der Waals surface area (Å²) in [4.78, 5) is 55.6. The first-order chi connectivity index (χ1) is 21.0. The van der Waals surface area contributed by atoms with Gasteiger partial charge in [-0.3, -0.25) is 9.59 Å². The third-order valence-electron chi connectivity index (χ3n) is 7.84. The Morgan fingerprint density at radius 2 is 1.82 bits per heavy atom. The van der Waals surface area contributed by atoms with E-state index in [-0.39, 0.29) is 19.4 Å². The molecule has 1 saturated carbocycles. The van der Waals surface area contributed by atoms with Crippen molar-refractivity contribution in [3.63, 3.8) is 0 Å². The van der Waals surface area contributed by atoms with E-state index in [1.807, 2.05) is 6.92 Å². The predicted molar refractivity (Wildman–Crippen MR) is 163 cm³/mol. The van der Waals surface area contributed by atoms with Gasteiger partial charge in [-0.1, -0.05) is 26.8 Å². The van der Waals surface area contributed by atoms with Crippen LogP contribution in [0.3, 0.4) is 0 Å². The molecular formula is C31H43N7O7. The van der Waals surface area contributed by atoms with Gasteiger partial charge in [0.15, 0.2) is 0 Å². The third-order valence-corrected chi connectivity index (χ3v) is 7.84. The number of carboxylic acids is 1. The molecule has 4 rings (SSSR count). The molecule has 3 N–H and O–H groups in total. The van der Waals surface area contributed by atoms with E-state index in [1.165, 1.54) is 15.8 Å². The normalized spacial score (nSPS) is 23.5. The van der Waals surface area contributed by atoms with Crippen LogP contribution in [0.5, 0.6) is 5.75 Å². The quantitative estimate of drug-likeness (QED) is 0.333. The molecule has 1 saturated heterocycles. The van der Waals surface area contributed by atoms with Gasteiger partial charge in [-0.05, 0) is 69.0 Å². The van der Waals surface area contributed by atoms with Crippen LogP contribution in [0.4, 0.5) is 4.79 Å². The number of aromatic nitrogens is 4. The smallest absolute Gasteiger partial charge is 0.408 e. The molecule has 0 bridgehead atoms. The van der Waals surface area contributed by atoms with E-state index in [9.17, 15) is 24.3 Å². The van der Waals surface area contributed by atoms with Crippen molar-refractivity contribution >= 4 is 23.9 Å². The monoisotopic (exact) mass is 625 g/mol. The molecule has 5 atom stereocenters. The zero-order valence-corrected chi connectivity index (χ0v) is 26.9. The summed E-state index contributed by atoms with van der Waals surface area (Å²) in [5.41, 5.74) is -2.36. The molecule has 14 nitrogen and oxygen atoms in total. The first-order valence-electron chi connectivity index (χ1n) is 15.0. The number of benzene rings is 1. The van der Waals surface area contributed by atoms with Crippen LogP contribution in [0.25, 0.3) is 11.4 Å². The molecule has 14 heteroatoms. The Labute approximate surface area is 262 Å². The Morgan fingerprint density at radius 1 is 1.16 bits per heavy atom. The maximum absolute atomic E-state index is 14.2. The van der Waals surface area contributed by atoms with Gasteiger partial charge in [0.25, 0.3) is 0 Å². The summed E-state index contributed by atoms with van der Waals surface area (Å²) < 4.78 is 10.9. The minimum atomic E-state index is -1.49. The lowest BCUT2D eigenvalue weighted by Crippen LogP contribution is -2.59. The summed E-state index contributed by atoms with van der Waals surface area (Å²) >= 11 is 0. The number of ether oxygens (including phenoxy) is 2. The van der Waals surface area contributed by atoms with Crippen LogP contribution >= 0.6 is 0 Å². The number of rotatable bonds is 10. The predicted octanol–water partition coefficient (Wildman–Crippen LogP) is 2.97. The van der Waals surface area contributed by atoms with E-state index in [4.69, 9.17) is 9.47 Å². The average molecular weight is 626 g/mol. The van der Waals surface area contributed by atoms with Crippen molar-refractivity contribution in [3.05, 3.63) is 36.9 Å². The zero-order chi connectivity index (χ0) is 33.3. The number of amides is 3. The van der Waals surface area contributed by atoms with Crippen LogP contribution in [-0.4, -0.2) is 90.5 Å². The van der Waals surface area contributed by atoms with E-state index in [1.54, 1.807) is 65.8 Å². The van der Waals surface area contributed by atoms with Gasteiger partial charge in [-0.25, -0.2) is 9.59 Å². The standard InChI is InChI=1S/C31H43N7O7/c1-9-19-16-31(19,27(41)42)33-25(39)22-15-20(38-35-24(34-36-38)18-11-13-21(14-12-18)44-10-2)17-37(22)26(40)23(29(3,4)5)32-28(43)45-30(6,7)8/h9,11-14,19-20,22-23H,1,10,15-17H2,2-8H3,(H,32,43)(H,33,39)(H,41,42). The second-order valence-corrected chi connectivity index (χ2v) is 13.5. The molecular weight excluding hydrogens is 582 g/mol. The lowest BCUT2D eigenvalue weighted by atomic mass is 9.85. The summed E-state index contributed by atoms with van der Waals surface area (Å²) in [5, 5.41) is 28.2. The molecule has 1 aromatic heterocycles. The Hall–Kier alpha value is -4.49. The number of carboxylic acid groups (broad SMARTS) is 1. The highest BCUT2D eigenvalue weighted by atomic mass is 16.6. The number of alkyl carbamates (subject to hydrolysis) is 1. The fourth-order valence-electron chi connectivity index (χ4n) is 5.39. The van der Waals surface area contributed by atoms with Crippen LogP contribution in [0.2, 0.25) is 0 Å². The minimum absolute atomic E-state index is 0.0174. The fourth-order valence-corrected chi connectivity index (χ4v) is 5.39. The fraction of sp³-hybridized carbons (Fsp3) is 0.581. The highest BCUT2D eigenvalue weighted by molar-refractivity contribution is 5.96. The Morgan fingerprint density at radius 3 is 2.36 bits per heavy atom. The van der Waals surface area contributed by atoms with Gasteiger partial charge in [-0.2, -0.15) is 4.80 Å². The molecule has 2 aromatic rings. The minimum Gasteiger partial charge on any atom is -0.494 e. The lowest BCUT2D eigenvalue weighted by Gasteiger charge is -2.36. The number of hydrogen-bond donors (Lipinski definition) is 3. The van der Waals surface area contributed by atoms with Crippen LogP contribution in [0.1, 0.15) is 67.3 Å². The molecule has 0 radical (unpaired) electrons. The van der Waals surface area contributed by atoms with Gasteiger partial charge in [0, 0.05) is 24.4 Å². The van der Waals surface area contributed by atoms with Crippen molar-refractivity contribution in [2.45, 2.75) is 90.6 Å². The van der Waals surface area contributed by atoms with Crippen molar-refractivity contribution in [2.24, 2.45) is 11.3 Å². The van der Waals surface area contributed by atoms with Gasteiger partial charge in [-0.15, -0.1) is 16.8 Å². The maximum Gasteiger partial charge on any atom is 0.408 e. The number of tetrazole rings is 1. The van der Waals surface area contributed by atoms with Crippen molar-refractivity contribution in [3.8, 4) is 17.1 Å². The number of hydrogen-bond acceptors (Lipinski definition) is 9. The molecule has 1 aliphatic heterocycles. The number of carbonyl (C=O) groups excluding carboxylic acids is 3. The molecule has 0 spiro atoms. The van der Waals surface area contributed by atoms with Crippen molar-refractivity contribution in [1.82, 2.24) is 35.7 Å². The average Bonchev–Trinajstić information content (AvgIpc) is 3.25. The van der Waals surface area contributed by atoms with Crippen LogP contribution in [0, 0.1) is 11.3 Å². The molecule has 244 valence electrons. The second-order valence-electron chi connectivity index (χ2n) is 13.5. The van der Waals surface area contributed by atoms with Crippen molar-refractivity contribution in [2.75, 3.05) is 13.2 Å². The van der Waals surface area contributed by atoms with Gasteiger partial charge in [0.2, 0.25) is 17.6 Å². The van der Waals surface area contributed by atoms with E-state index in [0.29, 0.717) is 23.7 Å². The molecule has 1 aromatic carbocycles. The Kier molecular flexibility index (Phi) is 9.27. The largest absolute Gasteiger partial charge is 0.494 e. The first-order valence-corrected chi connectivity index (χ1v) is 15.0. The van der Waals surface area contributed by atoms with Crippen molar-refractivity contribution in [1.29, 1.82) is 0 Å². The number of likely N-dealkylation sites (tertiary alicyclic amines) is 1. The number of aliphatic carboxylic acids is 1. The Bertz CT molecular complexity index is 1440. The number of nitrogens with zero attached hydrogens (tertiary/aromatic N) is 5. The van der Waals surface area contributed by atoms with Crippen molar-refractivity contribution < 1.29 is 33.8 Å². The maximum atomic E-state index is 14.2. The molecule has 2 heterocycles. The van der Waals surface area contributed by atoms with Gasteiger partial charge < -0.3 is 30.1 Å². The summed E-state index contributed by atoms with van der Waals surface area (Å²) in [6, 6.07) is 4.50. The van der Waals surface area contributed by atoms with Crippen LogP contribution in [0.15, 0.2) is 36.9 Å². The summed E-state index contributed by atoms with van der Waals surface area (Å²) in [7, 11) is 0. The number of carbonyl (C=O) groups is 4. The highest BCUT2D eigenvalue weighted by Gasteiger charge is 2.61.